The standard InChI is InChI=1S/C20H18N2O8S/c1-29-19-7-4-14(11-17(19)21(24)25)3-6-16(23)13-31(28)10-9-15-5-8-20(30-2)18(12-15)22(26)27/h3-12H,13H2,1-2H3. The number of nitro groups is 2. The molecule has 10 nitrogen and oxygen atoms in total. The Kier molecular flexibility index (Phi) is 8.15. The summed E-state index contributed by atoms with van der Waals surface area (Å²) in [6.45, 7) is 0. The number of hydrogen-bond acceptors (Lipinski definition) is 8. The van der Waals surface area contributed by atoms with Crippen LogP contribution in [0.4, 0.5) is 11.4 Å². The quantitative estimate of drug-likeness (QED) is 0.307. The number of carbonyl (C=O) groups excluding carboxylic acids is 1. The number of rotatable bonds is 10. The first-order valence-corrected chi connectivity index (χ1v) is 10.0. The van der Waals surface area contributed by atoms with Gasteiger partial charge in [0.15, 0.2) is 17.3 Å². The average Bonchev–Trinajstić information content (AvgIpc) is 2.75. The fourth-order valence-electron chi connectivity index (χ4n) is 2.49. The summed E-state index contributed by atoms with van der Waals surface area (Å²) in [5.74, 6) is -0.577. The van der Waals surface area contributed by atoms with Gasteiger partial charge in [-0.1, -0.05) is 18.2 Å². The molecule has 2 aromatic rings. The zero-order valence-electron chi connectivity index (χ0n) is 16.5. The van der Waals surface area contributed by atoms with Gasteiger partial charge in [0.05, 0.1) is 40.6 Å². The van der Waals surface area contributed by atoms with Crippen LogP contribution >= 0.6 is 0 Å². The van der Waals surface area contributed by atoms with E-state index in [9.17, 15) is 29.2 Å². The largest absolute Gasteiger partial charge is 0.490 e. The average molecular weight is 446 g/mol. The van der Waals surface area contributed by atoms with Crippen molar-refractivity contribution in [3.05, 3.63) is 79.2 Å². The van der Waals surface area contributed by atoms with E-state index in [1.165, 1.54) is 62.1 Å². The molecule has 0 fully saturated rings. The first-order valence-electron chi connectivity index (χ1n) is 8.66. The SMILES string of the molecule is COc1ccc(C=CC(=O)CS(=O)C=Cc2ccc(OC)c([N+](=O)[O-])c2)cc1[N+](=O)[O-]. The first kappa shape index (κ1) is 23.4. The molecule has 0 aliphatic heterocycles. The van der Waals surface area contributed by atoms with Crippen LogP contribution < -0.4 is 9.47 Å². The summed E-state index contributed by atoms with van der Waals surface area (Å²) >= 11 is 0. The van der Waals surface area contributed by atoms with Crippen LogP contribution in [0.3, 0.4) is 0 Å². The molecule has 0 N–H and O–H groups in total. The van der Waals surface area contributed by atoms with Crippen molar-refractivity contribution < 1.29 is 28.3 Å². The number of ketones is 1. The number of methoxy groups -OCH3 is 2. The third kappa shape index (κ3) is 6.57. The fraction of sp³-hybridized carbons (Fsp3) is 0.150. The minimum atomic E-state index is -1.66. The molecule has 0 spiro atoms. The molecule has 0 aromatic heterocycles. The molecular weight excluding hydrogens is 428 g/mol. The Bertz CT molecular complexity index is 1010. The number of carbonyl (C=O) groups is 1. The third-order valence-corrected chi connectivity index (χ3v) is 4.97. The molecular formula is C20H18N2O8S. The maximum absolute atomic E-state index is 12.1. The van der Waals surface area contributed by atoms with Crippen molar-refractivity contribution in [2.24, 2.45) is 0 Å². The summed E-state index contributed by atoms with van der Waals surface area (Å²) in [5, 5.41) is 23.3. The van der Waals surface area contributed by atoms with Gasteiger partial charge in [0.25, 0.3) is 0 Å². The van der Waals surface area contributed by atoms with Crippen LogP contribution in [-0.2, 0) is 15.6 Å². The highest BCUT2D eigenvalue weighted by Gasteiger charge is 2.15. The van der Waals surface area contributed by atoms with Crippen molar-refractivity contribution >= 4 is 40.1 Å². The van der Waals surface area contributed by atoms with Gasteiger partial charge in [-0.05, 0) is 35.4 Å². The van der Waals surface area contributed by atoms with Gasteiger partial charge in [-0.3, -0.25) is 29.2 Å². The van der Waals surface area contributed by atoms with Gasteiger partial charge < -0.3 is 9.47 Å². The Hall–Kier alpha value is -3.86. The van der Waals surface area contributed by atoms with Crippen molar-refractivity contribution in [1.29, 1.82) is 0 Å². The molecule has 0 bridgehead atoms. The first-order chi connectivity index (χ1) is 14.7. The summed E-state index contributed by atoms with van der Waals surface area (Å²) in [6, 6.07) is 8.46. The van der Waals surface area contributed by atoms with Crippen LogP contribution in [0, 0.1) is 20.2 Å². The maximum atomic E-state index is 12.1. The Morgan fingerprint density at radius 3 is 1.87 bits per heavy atom. The van der Waals surface area contributed by atoms with Crippen molar-refractivity contribution in [2.45, 2.75) is 0 Å². The second kappa shape index (κ2) is 10.8. The van der Waals surface area contributed by atoms with Crippen LogP contribution in [-0.4, -0.2) is 39.8 Å². The molecule has 0 heterocycles. The zero-order valence-corrected chi connectivity index (χ0v) is 17.4. The number of hydrogen-bond donors (Lipinski definition) is 0. The minimum absolute atomic E-state index is 0.0958. The molecule has 0 saturated carbocycles. The van der Waals surface area contributed by atoms with Crippen molar-refractivity contribution in [3.8, 4) is 11.5 Å². The molecule has 162 valence electrons. The van der Waals surface area contributed by atoms with E-state index in [1.807, 2.05) is 0 Å². The number of nitrogens with zero attached hydrogens (tertiary/aromatic N) is 2. The van der Waals surface area contributed by atoms with E-state index < -0.39 is 26.4 Å². The van der Waals surface area contributed by atoms with Gasteiger partial charge in [0.1, 0.15) is 0 Å². The molecule has 0 radical (unpaired) electrons. The molecule has 0 amide bonds. The van der Waals surface area contributed by atoms with Gasteiger partial charge in [0, 0.05) is 17.5 Å². The Balaban J connectivity index is 2.04. The predicted molar refractivity (Wildman–Crippen MR) is 115 cm³/mol. The second-order valence-corrected chi connectivity index (χ2v) is 7.33. The van der Waals surface area contributed by atoms with Crippen LogP contribution in [0.5, 0.6) is 11.5 Å². The molecule has 0 saturated heterocycles. The highest BCUT2D eigenvalue weighted by atomic mass is 32.2. The molecule has 1 atom stereocenters. The number of allylic oxidation sites excluding steroid dienone is 1. The topological polar surface area (TPSA) is 139 Å². The van der Waals surface area contributed by atoms with Crippen LogP contribution in [0.1, 0.15) is 11.1 Å². The van der Waals surface area contributed by atoms with E-state index in [1.54, 1.807) is 12.1 Å². The van der Waals surface area contributed by atoms with Crippen LogP contribution in [0.25, 0.3) is 12.2 Å². The van der Waals surface area contributed by atoms with Gasteiger partial charge in [-0.15, -0.1) is 0 Å². The third-order valence-electron chi connectivity index (χ3n) is 3.96. The zero-order chi connectivity index (χ0) is 23.0. The Morgan fingerprint density at radius 2 is 1.42 bits per heavy atom. The second-order valence-electron chi connectivity index (χ2n) is 6.00. The molecule has 0 aliphatic rings. The Labute approximate surface area is 179 Å². The van der Waals surface area contributed by atoms with E-state index in [4.69, 9.17) is 9.47 Å². The Morgan fingerprint density at radius 1 is 0.935 bits per heavy atom. The van der Waals surface area contributed by atoms with E-state index >= 15 is 0 Å². The fourth-order valence-corrected chi connectivity index (χ4v) is 3.27. The minimum Gasteiger partial charge on any atom is -0.490 e. The molecule has 1 unspecified atom stereocenters. The molecule has 0 aliphatic carbocycles. The predicted octanol–water partition coefficient (Wildman–Crippen LogP) is 3.52. The lowest BCUT2D eigenvalue weighted by Crippen LogP contribution is -2.05. The lowest BCUT2D eigenvalue weighted by Gasteiger charge is -2.02. The summed E-state index contributed by atoms with van der Waals surface area (Å²) in [7, 11) is 0.969. The summed E-state index contributed by atoms with van der Waals surface area (Å²) < 4.78 is 21.9. The summed E-state index contributed by atoms with van der Waals surface area (Å²) in [4.78, 5) is 32.9. The normalized spacial score (nSPS) is 12.1. The maximum Gasteiger partial charge on any atom is 0.311 e. The smallest absolute Gasteiger partial charge is 0.311 e. The monoisotopic (exact) mass is 446 g/mol. The van der Waals surface area contributed by atoms with E-state index in [2.05, 4.69) is 0 Å². The number of benzene rings is 2. The van der Waals surface area contributed by atoms with Crippen molar-refractivity contribution in [1.82, 2.24) is 0 Å². The lowest BCUT2D eigenvalue weighted by atomic mass is 10.1. The number of ether oxygens (including phenoxy) is 2. The van der Waals surface area contributed by atoms with Crippen molar-refractivity contribution in [3.63, 3.8) is 0 Å². The highest BCUT2D eigenvalue weighted by molar-refractivity contribution is 7.88. The lowest BCUT2D eigenvalue weighted by molar-refractivity contribution is -0.385. The van der Waals surface area contributed by atoms with E-state index in [0.717, 1.165) is 0 Å². The van der Waals surface area contributed by atoms with Crippen LogP contribution in [0.15, 0.2) is 47.9 Å². The molecule has 11 heteroatoms. The van der Waals surface area contributed by atoms with Gasteiger partial charge in [-0.2, -0.15) is 0 Å². The summed E-state index contributed by atoms with van der Waals surface area (Å²) in [5.41, 5.74) is 0.363. The highest BCUT2D eigenvalue weighted by Crippen LogP contribution is 2.29. The van der Waals surface area contributed by atoms with Gasteiger partial charge >= 0.3 is 11.4 Å². The number of nitro benzene ring substituents is 2. The molecule has 2 rings (SSSR count). The van der Waals surface area contributed by atoms with Gasteiger partial charge in [0.2, 0.25) is 0 Å². The molecule has 31 heavy (non-hydrogen) atoms. The van der Waals surface area contributed by atoms with Gasteiger partial charge in [-0.25, -0.2) is 0 Å². The summed E-state index contributed by atoms with van der Waals surface area (Å²) in [6.07, 6.45) is 3.96. The molecule has 2 aromatic carbocycles. The van der Waals surface area contributed by atoms with E-state index in [0.29, 0.717) is 11.1 Å². The van der Waals surface area contributed by atoms with E-state index in [-0.39, 0.29) is 28.6 Å². The van der Waals surface area contributed by atoms with Crippen LogP contribution in [0.2, 0.25) is 0 Å². The van der Waals surface area contributed by atoms with Crippen molar-refractivity contribution in [2.75, 3.05) is 20.0 Å².